The highest BCUT2D eigenvalue weighted by Gasteiger charge is 2.07. The van der Waals surface area contributed by atoms with Gasteiger partial charge in [-0.3, -0.25) is 4.79 Å². The number of hydrogen-bond acceptors (Lipinski definition) is 4. The van der Waals surface area contributed by atoms with Crippen LogP contribution < -0.4 is 14.9 Å². The molecule has 0 unspecified atom stereocenters. The van der Waals surface area contributed by atoms with Crippen LogP contribution in [0.25, 0.3) is 0 Å². The first-order valence-corrected chi connectivity index (χ1v) is 9.07. The maximum absolute atomic E-state index is 13.3. The second-order valence-corrected chi connectivity index (χ2v) is 6.47. The fraction of sp³-hybridized carbons (Fsp3) is 0.0909. The summed E-state index contributed by atoms with van der Waals surface area (Å²) in [7, 11) is 1.52. The van der Waals surface area contributed by atoms with Crippen molar-refractivity contribution in [1.29, 1.82) is 0 Å². The van der Waals surface area contributed by atoms with Crippen LogP contribution in [-0.4, -0.2) is 19.2 Å². The monoisotopic (exact) mass is 412 g/mol. The van der Waals surface area contributed by atoms with Gasteiger partial charge in [-0.2, -0.15) is 5.10 Å². The van der Waals surface area contributed by atoms with E-state index in [2.05, 4.69) is 10.5 Å². The standard InChI is InChI=1S/C22H18ClFN2O3/c1-28-21-12-15(13-25-26-22(27)17-6-8-18(23)9-7-17)5-10-20(21)29-14-16-3-2-4-19(24)11-16/h2-13H,14H2,1H3,(H,26,27)/b25-13-. The van der Waals surface area contributed by atoms with Gasteiger partial charge in [-0.15, -0.1) is 0 Å². The first-order valence-electron chi connectivity index (χ1n) is 8.69. The Morgan fingerprint density at radius 3 is 2.62 bits per heavy atom. The number of methoxy groups -OCH3 is 1. The van der Waals surface area contributed by atoms with Crippen LogP contribution in [0.15, 0.2) is 71.8 Å². The van der Waals surface area contributed by atoms with Gasteiger partial charge in [0.05, 0.1) is 13.3 Å². The minimum absolute atomic E-state index is 0.207. The Kier molecular flexibility index (Phi) is 6.81. The Morgan fingerprint density at radius 1 is 1.10 bits per heavy atom. The van der Waals surface area contributed by atoms with Gasteiger partial charge in [-0.05, 0) is 65.7 Å². The van der Waals surface area contributed by atoms with E-state index in [4.69, 9.17) is 21.1 Å². The third-order valence-electron chi connectivity index (χ3n) is 3.96. The average Bonchev–Trinajstić information content (AvgIpc) is 2.73. The van der Waals surface area contributed by atoms with Crippen molar-refractivity contribution >= 4 is 23.7 Å². The molecule has 0 heterocycles. The molecule has 3 aromatic carbocycles. The number of hydrazone groups is 1. The maximum atomic E-state index is 13.3. The summed E-state index contributed by atoms with van der Waals surface area (Å²) in [6.45, 7) is 0.207. The number of hydrogen-bond donors (Lipinski definition) is 1. The van der Waals surface area contributed by atoms with Gasteiger partial charge in [0.1, 0.15) is 12.4 Å². The Morgan fingerprint density at radius 2 is 1.90 bits per heavy atom. The van der Waals surface area contributed by atoms with Crippen molar-refractivity contribution in [2.24, 2.45) is 5.10 Å². The lowest BCUT2D eigenvalue weighted by Gasteiger charge is -2.11. The van der Waals surface area contributed by atoms with Gasteiger partial charge in [-0.1, -0.05) is 23.7 Å². The summed E-state index contributed by atoms with van der Waals surface area (Å²) >= 11 is 5.81. The number of benzene rings is 3. The van der Waals surface area contributed by atoms with Crippen LogP contribution in [0, 0.1) is 5.82 Å². The van der Waals surface area contributed by atoms with E-state index in [1.54, 1.807) is 54.6 Å². The number of amides is 1. The van der Waals surface area contributed by atoms with Crippen LogP contribution in [0.5, 0.6) is 11.5 Å². The molecule has 0 radical (unpaired) electrons. The Labute approximate surface area is 172 Å². The van der Waals surface area contributed by atoms with Crippen LogP contribution in [0.4, 0.5) is 4.39 Å². The average molecular weight is 413 g/mol. The third-order valence-corrected chi connectivity index (χ3v) is 4.21. The van der Waals surface area contributed by atoms with Gasteiger partial charge < -0.3 is 9.47 Å². The van der Waals surface area contributed by atoms with E-state index in [0.717, 1.165) is 0 Å². The molecule has 0 aliphatic heterocycles. The number of ether oxygens (including phenoxy) is 2. The number of carbonyl (C=O) groups is 1. The molecule has 0 saturated heterocycles. The second-order valence-electron chi connectivity index (χ2n) is 6.03. The summed E-state index contributed by atoms with van der Waals surface area (Å²) < 4.78 is 24.3. The van der Waals surface area contributed by atoms with E-state index < -0.39 is 0 Å². The zero-order valence-electron chi connectivity index (χ0n) is 15.6. The molecule has 3 aromatic rings. The summed E-state index contributed by atoms with van der Waals surface area (Å²) in [5.74, 6) is 0.346. The summed E-state index contributed by atoms with van der Waals surface area (Å²) in [6, 6.07) is 17.9. The van der Waals surface area contributed by atoms with Crippen molar-refractivity contribution < 1.29 is 18.7 Å². The van der Waals surface area contributed by atoms with Crippen LogP contribution >= 0.6 is 11.6 Å². The molecule has 1 amide bonds. The Hall–Kier alpha value is -3.38. The maximum Gasteiger partial charge on any atom is 0.271 e. The predicted octanol–water partition coefficient (Wildman–Crippen LogP) is 4.83. The van der Waals surface area contributed by atoms with Crippen molar-refractivity contribution in [3.63, 3.8) is 0 Å². The molecule has 3 rings (SSSR count). The van der Waals surface area contributed by atoms with Crippen molar-refractivity contribution in [3.8, 4) is 11.5 Å². The van der Waals surface area contributed by atoms with Crippen molar-refractivity contribution in [1.82, 2.24) is 5.43 Å². The molecule has 0 saturated carbocycles. The quantitative estimate of drug-likeness (QED) is 0.446. The largest absolute Gasteiger partial charge is 0.493 e. The normalized spacial score (nSPS) is 10.7. The summed E-state index contributed by atoms with van der Waals surface area (Å²) in [5.41, 5.74) is 4.32. The highest BCUT2D eigenvalue weighted by molar-refractivity contribution is 6.30. The number of halogens is 2. The van der Waals surface area contributed by atoms with Gasteiger partial charge in [-0.25, -0.2) is 9.82 Å². The van der Waals surface area contributed by atoms with Crippen LogP contribution in [0.1, 0.15) is 21.5 Å². The number of carbonyl (C=O) groups excluding carboxylic acids is 1. The molecule has 1 N–H and O–H groups in total. The lowest BCUT2D eigenvalue weighted by Crippen LogP contribution is -2.17. The van der Waals surface area contributed by atoms with E-state index in [1.165, 1.54) is 25.5 Å². The SMILES string of the molecule is COc1cc(/C=N\NC(=O)c2ccc(Cl)cc2)ccc1OCc1cccc(F)c1. The van der Waals surface area contributed by atoms with Gasteiger partial charge >= 0.3 is 0 Å². The molecule has 0 aromatic heterocycles. The van der Waals surface area contributed by atoms with Gasteiger partial charge in [0, 0.05) is 10.6 Å². The minimum atomic E-state index is -0.347. The van der Waals surface area contributed by atoms with E-state index in [0.29, 0.717) is 33.2 Å². The smallest absolute Gasteiger partial charge is 0.271 e. The molecular weight excluding hydrogens is 395 g/mol. The lowest BCUT2D eigenvalue weighted by atomic mass is 10.2. The van der Waals surface area contributed by atoms with E-state index >= 15 is 0 Å². The van der Waals surface area contributed by atoms with E-state index in [1.807, 2.05) is 0 Å². The third kappa shape index (κ3) is 5.80. The molecule has 0 aliphatic rings. The fourth-order valence-corrected chi connectivity index (χ4v) is 2.63. The zero-order valence-corrected chi connectivity index (χ0v) is 16.3. The topological polar surface area (TPSA) is 59.9 Å². The van der Waals surface area contributed by atoms with Crippen molar-refractivity contribution in [2.45, 2.75) is 6.61 Å². The second kappa shape index (κ2) is 9.71. The summed E-state index contributed by atoms with van der Waals surface area (Å²) in [6.07, 6.45) is 1.49. The first kappa shape index (κ1) is 20.4. The van der Waals surface area contributed by atoms with Gasteiger partial charge in [0.15, 0.2) is 11.5 Å². The first-order chi connectivity index (χ1) is 14.0. The molecular formula is C22H18ClFN2O3. The van der Waals surface area contributed by atoms with Gasteiger partial charge in [0.2, 0.25) is 0 Å². The number of nitrogens with zero attached hydrogens (tertiary/aromatic N) is 1. The van der Waals surface area contributed by atoms with Crippen LogP contribution in [-0.2, 0) is 6.61 Å². The van der Waals surface area contributed by atoms with Gasteiger partial charge in [0.25, 0.3) is 5.91 Å². The minimum Gasteiger partial charge on any atom is -0.493 e. The molecule has 0 bridgehead atoms. The van der Waals surface area contributed by atoms with Crippen LogP contribution in [0.2, 0.25) is 5.02 Å². The van der Waals surface area contributed by atoms with Crippen molar-refractivity contribution in [3.05, 3.63) is 94.3 Å². The molecule has 0 fully saturated rings. The molecule has 29 heavy (non-hydrogen) atoms. The highest BCUT2D eigenvalue weighted by Crippen LogP contribution is 2.28. The Bertz CT molecular complexity index is 1020. The highest BCUT2D eigenvalue weighted by atomic mass is 35.5. The van der Waals surface area contributed by atoms with Crippen molar-refractivity contribution in [2.75, 3.05) is 7.11 Å². The summed E-state index contributed by atoms with van der Waals surface area (Å²) in [5, 5.41) is 4.51. The fourth-order valence-electron chi connectivity index (χ4n) is 2.50. The molecule has 7 heteroatoms. The zero-order chi connectivity index (χ0) is 20.6. The molecule has 0 aliphatic carbocycles. The Balaban J connectivity index is 1.62. The lowest BCUT2D eigenvalue weighted by molar-refractivity contribution is 0.0955. The summed E-state index contributed by atoms with van der Waals surface area (Å²) in [4.78, 5) is 12.0. The number of rotatable bonds is 7. The number of nitrogens with one attached hydrogen (secondary N) is 1. The molecule has 0 atom stereocenters. The van der Waals surface area contributed by atoms with E-state index in [-0.39, 0.29) is 18.3 Å². The van der Waals surface area contributed by atoms with Crippen LogP contribution in [0.3, 0.4) is 0 Å². The van der Waals surface area contributed by atoms with E-state index in [9.17, 15) is 9.18 Å². The molecule has 5 nitrogen and oxygen atoms in total. The molecule has 0 spiro atoms. The predicted molar refractivity (Wildman–Crippen MR) is 110 cm³/mol. The molecule has 148 valence electrons.